The van der Waals surface area contributed by atoms with Crippen LogP contribution in [0, 0.1) is 3.95 Å². The zero-order valence-electron chi connectivity index (χ0n) is 15.1. The first kappa shape index (κ1) is 18.9. The van der Waals surface area contributed by atoms with Crippen LogP contribution in [-0.2, 0) is 0 Å². The number of aliphatic imine (C=N–C) groups is 1. The fourth-order valence-electron chi connectivity index (χ4n) is 2.85. The van der Waals surface area contributed by atoms with Crippen LogP contribution in [0.3, 0.4) is 0 Å². The molecule has 1 aliphatic heterocycles. The summed E-state index contributed by atoms with van der Waals surface area (Å²) in [5.74, 6) is -0.268. The molecule has 0 atom stereocenters. The number of phenolic OH excluding ortho intramolecular Hbond substituents is 1. The quantitative estimate of drug-likeness (QED) is 0.541. The van der Waals surface area contributed by atoms with Crippen molar-refractivity contribution in [1.29, 1.82) is 0 Å². The summed E-state index contributed by atoms with van der Waals surface area (Å²) in [5.41, 5.74) is 5.03. The van der Waals surface area contributed by atoms with Crippen LogP contribution < -0.4 is 10.2 Å². The first-order valence-electron chi connectivity index (χ1n) is 8.46. The van der Waals surface area contributed by atoms with Gasteiger partial charge >= 0.3 is 0 Å². The predicted molar refractivity (Wildman–Crippen MR) is 116 cm³/mol. The van der Waals surface area contributed by atoms with Gasteiger partial charge in [-0.1, -0.05) is 23.5 Å². The van der Waals surface area contributed by atoms with Crippen molar-refractivity contribution in [2.24, 2.45) is 4.99 Å². The fraction of sp³-hybridized carbons (Fsp3) is 0.0500. The molecular formula is C20H15N3O4S2. The zero-order chi connectivity index (χ0) is 20.5. The molecule has 2 aromatic carbocycles. The predicted octanol–water partition coefficient (Wildman–Crippen LogP) is 4.34. The molecular weight excluding hydrogens is 410 g/mol. The van der Waals surface area contributed by atoms with Gasteiger partial charge in [0.2, 0.25) is 5.88 Å². The molecule has 4 rings (SSSR count). The van der Waals surface area contributed by atoms with Crippen LogP contribution >= 0.6 is 23.6 Å². The van der Waals surface area contributed by atoms with Gasteiger partial charge in [-0.2, -0.15) is 4.68 Å². The number of carbonyl (C=O) groups is 1. The van der Waals surface area contributed by atoms with Crippen LogP contribution in [0.1, 0.15) is 20.8 Å². The smallest absolute Gasteiger partial charge is 0.274 e. The minimum absolute atomic E-state index is 0.0730. The van der Waals surface area contributed by atoms with Crippen LogP contribution in [0.15, 0.2) is 47.5 Å². The van der Waals surface area contributed by atoms with Crippen LogP contribution in [0.25, 0.3) is 11.6 Å². The molecule has 0 fully saturated rings. The molecule has 0 bridgehead atoms. The third-order valence-corrected chi connectivity index (χ3v) is 5.63. The van der Waals surface area contributed by atoms with Crippen molar-refractivity contribution in [1.82, 2.24) is 4.68 Å². The molecule has 146 valence electrons. The minimum atomic E-state index is -0.594. The van der Waals surface area contributed by atoms with Gasteiger partial charge in [0.25, 0.3) is 5.91 Å². The summed E-state index contributed by atoms with van der Waals surface area (Å²) in [4.78, 5) is 17.2. The Kier molecular flexibility index (Phi) is 4.91. The molecule has 29 heavy (non-hydrogen) atoms. The lowest BCUT2D eigenvalue weighted by atomic mass is 10.1. The molecule has 0 aliphatic carbocycles. The Morgan fingerprint density at radius 1 is 1.28 bits per heavy atom. The van der Waals surface area contributed by atoms with Gasteiger partial charge < -0.3 is 14.9 Å². The van der Waals surface area contributed by atoms with E-state index < -0.39 is 5.91 Å². The van der Waals surface area contributed by atoms with Crippen molar-refractivity contribution in [2.75, 3.05) is 12.5 Å². The van der Waals surface area contributed by atoms with E-state index in [1.807, 2.05) is 18.2 Å². The lowest BCUT2D eigenvalue weighted by Crippen LogP contribution is -2.22. The molecule has 1 amide bonds. The van der Waals surface area contributed by atoms with Crippen LogP contribution in [0.5, 0.6) is 17.4 Å². The van der Waals surface area contributed by atoms with E-state index in [0.29, 0.717) is 10.6 Å². The van der Waals surface area contributed by atoms with Gasteiger partial charge in [0, 0.05) is 17.4 Å². The van der Waals surface area contributed by atoms with E-state index >= 15 is 0 Å². The number of nitrogens with one attached hydrogen (secondary N) is 1. The summed E-state index contributed by atoms with van der Waals surface area (Å²) in [5, 5.41) is 20.4. The highest BCUT2D eigenvalue weighted by Gasteiger charge is 2.18. The highest BCUT2D eigenvalue weighted by molar-refractivity contribution is 7.73. The lowest BCUT2D eigenvalue weighted by molar-refractivity contribution is 0.100. The first-order chi connectivity index (χ1) is 14.0. The van der Waals surface area contributed by atoms with Crippen LogP contribution in [0.4, 0.5) is 5.69 Å². The largest absolute Gasteiger partial charge is 0.507 e. The number of aromatic nitrogens is 1. The van der Waals surface area contributed by atoms with Crippen molar-refractivity contribution in [3.05, 3.63) is 62.4 Å². The monoisotopic (exact) mass is 425 g/mol. The molecule has 3 N–H and O–H groups in total. The minimum Gasteiger partial charge on any atom is -0.507 e. The maximum Gasteiger partial charge on any atom is 0.274 e. The highest BCUT2D eigenvalue weighted by atomic mass is 32.1. The van der Waals surface area contributed by atoms with Crippen molar-refractivity contribution in [3.8, 4) is 17.4 Å². The third kappa shape index (κ3) is 3.53. The normalized spacial score (nSPS) is 13.5. The summed E-state index contributed by atoms with van der Waals surface area (Å²) >= 11 is 6.42. The van der Waals surface area contributed by atoms with E-state index in [-0.39, 0.29) is 21.1 Å². The number of hydrogen-bond donors (Lipinski definition) is 3. The van der Waals surface area contributed by atoms with Gasteiger partial charge in [-0.3, -0.25) is 15.2 Å². The number of amides is 1. The van der Waals surface area contributed by atoms with Gasteiger partial charge in [0.15, 0.2) is 3.95 Å². The zero-order valence-corrected chi connectivity index (χ0v) is 16.8. The number of nitrogens with zero attached hydrogens (tertiary/aromatic N) is 2. The molecule has 0 spiro atoms. The van der Waals surface area contributed by atoms with E-state index in [0.717, 1.165) is 32.8 Å². The van der Waals surface area contributed by atoms with Crippen molar-refractivity contribution < 1.29 is 19.7 Å². The van der Waals surface area contributed by atoms with Gasteiger partial charge in [-0.25, -0.2) is 0 Å². The van der Waals surface area contributed by atoms with E-state index in [1.54, 1.807) is 31.5 Å². The Hall–Kier alpha value is -3.43. The number of thiazole rings is 1. The van der Waals surface area contributed by atoms with Crippen LogP contribution in [-0.4, -0.2) is 34.1 Å². The summed E-state index contributed by atoms with van der Waals surface area (Å²) in [6.07, 6.45) is 3.43. The molecule has 1 aliphatic rings. The Bertz CT molecular complexity index is 1240. The third-order valence-electron chi connectivity index (χ3n) is 4.32. The molecule has 1 aromatic heterocycles. The number of phenols is 1. The van der Waals surface area contributed by atoms with E-state index in [2.05, 4.69) is 10.4 Å². The van der Waals surface area contributed by atoms with Crippen molar-refractivity contribution in [3.63, 3.8) is 0 Å². The van der Waals surface area contributed by atoms with Gasteiger partial charge in [0.1, 0.15) is 11.5 Å². The van der Waals surface area contributed by atoms with Crippen molar-refractivity contribution >= 4 is 53.0 Å². The molecule has 0 saturated carbocycles. The number of rotatable bonds is 4. The van der Waals surface area contributed by atoms with Gasteiger partial charge in [-0.15, -0.1) is 0 Å². The summed E-state index contributed by atoms with van der Waals surface area (Å²) < 4.78 is 6.62. The number of hydrogen-bond acceptors (Lipinski definition) is 7. The molecule has 3 aromatic rings. The standard InChI is InChI=1S/C20H15N3O4S2/c1-27-12-6-7-15-14(9-12)11(10-21-15)8-17-19(26)23(20(28)29-17)22-18(25)13-4-2-3-5-16(13)24/h2-10,24,26H,1H3,(H,22,25). The average molecular weight is 425 g/mol. The summed E-state index contributed by atoms with van der Waals surface area (Å²) in [6.45, 7) is 0. The second-order valence-corrected chi connectivity index (χ2v) is 7.77. The summed E-state index contributed by atoms with van der Waals surface area (Å²) in [6, 6.07) is 11.7. The lowest BCUT2D eigenvalue weighted by Gasteiger charge is -2.08. The maximum absolute atomic E-state index is 12.4. The Labute approximate surface area is 174 Å². The fourth-order valence-corrected chi connectivity index (χ4v) is 4.03. The number of aromatic hydroxyl groups is 2. The van der Waals surface area contributed by atoms with E-state index in [4.69, 9.17) is 17.0 Å². The Morgan fingerprint density at radius 3 is 2.83 bits per heavy atom. The second kappa shape index (κ2) is 7.53. The number of carbonyl (C=O) groups excluding carboxylic acids is 1. The first-order valence-corrected chi connectivity index (χ1v) is 9.68. The Morgan fingerprint density at radius 2 is 2.07 bits per heavy atom. The number of fused-ring (bicyclic) bond motifs is 1. The van der Waals surface area contributed by atoms with Crippen LogP contribution in [0.2, 0.25) is 0 Å². The number of methoxy groups -OCH3 is 1. The van der Waals surface area contributed by atoms with E-state index in [1.165, 1.54) is 12.1 Å². The topological polar surface area (TPSA) is 96.1 Å². The molecule has 2 heterocycles. The van der Waals surface area contributed by atoms with Gasteiger partial charge in [-0.05, 0) is 48.6 Å². The number of para-hydroxylation sites is 1. The van der Waals surface area contributed by atoms with Gasteiger partial charge in [0.05, 0.1) is 23.2 Å². The SMILES string of the molecule is COc1ccc2c(c1)C(=Cc1sc(=S)n(NC(=O)c3ccccc3O)c1O)C=N2. The summed E-state index contributed by atoms with van der Waals surface area (Å²) in [7, 11) is 1.59. The molecule has 9 heteroatoms. The number of allylic oxidation sites excluding steroid dienone is 1. The molecule has 0 radical (unpaired) electrons. The number of benzene rings is 2. The molecule has 7 nitrogen and oxygen atoms in total. The van der Waals surface area contributed by atoms with Crippen molar-refractivity contribution in [2.45, 2.75) is 0 Å². The molecule has 0 unspecified atom stereocenters. The highest BCUT2D eigenvalue weighted by Crippen LogP contribution is 2.37. The Balaban J connectivity index is 1.67. The average Bonchev–Trinajstić information content (AvgIpc) is 3.23. The number of ether oxygens (including phenoxy) is 1. The molecule has 0 saturated heterocycles. The second-order valence-electron chi connectivity index (χ2n) is 6.09. The van der Waals surface area contributed by atoms with E-state index in [9.17, 15) is 15.0 Å². The maximum atomic E-state index is 12.4.